The Morgan fingerprint density at radius 1 is 1.04 bits per heavy atom. The molecule has 0 amide bonds. The monoisotopic (exact) mass is 352 g/mol. The van der Waals surface area contributed by atoms with Crippen LogP contribution in [0.25, 0.3) is 22.5 Å². The van der Waals surface area contributed by atoms with Gasteiger partial charge in [-0.05, 0) is 6.92 Å². The Kier molecular flexibility index (Phi) is 5.56. The van der Waals surface area contributed by atoms with Crippen molar-refractivity contribution in [1.29, 1.82) is 0 Å². The van der Waals surface area contributed by atoms with Gasteiger partial charge < -0.3 is 9.67 Å². The maximum absolute atomic E-state index is 10.8. The third-order valence-corrected chi connectivity index (χ3v) is 4.87. The molecule has 0 aliphatic heterocycles. The van der Waals surface area contributed by atoms with Crippen LogP contribution in [0.2, 0.25) is 0 Å². The van der Waals surface area contributed by atoms with E-state index in [4.69, 9.17) is 10.1 Å². The van der Waals surface area contributed by atoms with Crippen LogP contribution in [-0.4, -0.2) is 26.4 Å². The second-order valence-electron chi connectivity index (χ2n) is 5.56. The molecule has 0 fully saturated rings. The zero-order valence-electron chi connectivity index (χ0n) is 14.1. The highest BCUT2D eigenvalue weighted by molar-refractivity contribution is 7.99. The number of carboxylic acids is 1. The average Bonchev–Trinajstić information content (AvgIpc) is 3.01. The number of nitrogens with zero attached hydrogens (tertiary/aromatic N) is 2. The van der Waals surface area contributed by atoms with Gasteiger partial charge in [0.05, 0.1) is 17.8 Å². The molecule has 1 N–H and O–H groups in total. The summed E-state index contributed by atoms with van der Waals surface area (Å²) in [6, 6.07) is 20.3. The molecule has 1 heterocycles. The van der Waals surface area contributed by atoms with Crippen molar-refractivity contribution in [2.24, 2.45) is 0 Å². The molecule has 4 nitrogen and oxygen atoms in total. The molecular weight excluding hydrogens is 332 g/mol. The zero-order valence-corrected chi connectivity index (χ0v) is 14.9. The summed E-state index contributed by atoms with van der Waals surface area (Å²) >= 11 is 1.50. The summed E-state index contributed by atoms with van der Waals surface area (Å²) in [5.41, 5.74) is 4.19. The Morgan fingerprint density at radius 3 is 2.20 bits per heavy atom. The summed E-state index contributed by atoms with van der Waals surface area (Å²) in [4.78, 5) is 15.7. The highest BCUT2D eigenvalue weighted by atomic mass is 32.2. The van der Waals surface area contributed by atoms with Gasteiger partial charge in [0.2, 0.25) is 0 Å². The van der Waals surface area contributed by atoms with Gasteiger partial charge >= 0.3 is 5.97 Å². The number of carbonyl (C=O) groups is 1. The number of carboxylic acid groups (broad SMARTS) is 1. The van der Waals surface area contributed by atoms with Gasteiger partial charge in [0.1, 0.15) is 0 Å². The third kappa shape index (κ3) is 3.94. The highest BCUT2D eigenvalue weighted by Crippen LogP contribution is 2.35. The number of hydrogen-bond donors (Lipinski definition) is 1. The van der Waals surface area contributed by atoms with Gasteiger partial charge in [-0.3, -0.25) is 4.79 Å². The Bertz CT molecular complexity index is 845. The third-order valence-electron chi connectivity index (χ3n) is 3.89. The maximum Gasteiger partial charge on any atom is 0.304 e. The highest BCUT2D eigenvalue weighted by Gasteiger charge is 2.19. The lowest BCUT2D eigenvalue weighted by Crippen LogP contribution is -2.01. The van der Waals surface area contributed by atoms with Crippen molar-refractivity contribution in [2.45, 2.75) is 25.0 Å². The van der Waals surface area contributed by atoms with Crippen LogP contribution < -0.4 is 0 Å². The number of thioether (sulfide) groups is 1. The maximum atomic E-state index is 10.8. The van der Waals surface area contributed by atoms with E-state index in [-0.39, 0.29) is 6.42 Å². The standard InChI is InChI=1S/C20H20N2O2S/c1-2-22-19(16-11-7-4-8-12-16)18(15-9-5-3-6-10-15)21-20(22)25-14-13-17(23)24/h3-12H,2,13-14H2,1H3,(H,23,24). The lowest BCUT2D eigenvalue weighted by atomic mass is 10.0. The van der Waals surface area contributed by atoms with Crippen LogP contribution in [0.15, 0.2) is 65.8 Å². The number of hydrogen-bond acceptors (Lipinski definition) is 3. The molecule has 0 saturated heterocycles. The van der Waals surface area contributed by atoms with Crippen LogP contribution in [0.4, 0.5) is 0 Å². The number of aliphatic carboxylic acids is 1. The molecule has 0 radical (unpaired) electrons. The van der Waals surface area contributed by atoms with Gasteiger partial charge in [-0.25, -0.2) is 4.98 Å². The Labute approximate surface area is 151 Å². The van der Waals surface area contributed by atoms with E-state index in [0.29, 0.717) is 5.75 Å². The van der Waals surface area contributed by atoms with Gasteiger partial charge in [0, 0.05) is 23.4 Å². The summed E-state index contributed by atoms with van der Waals surface area (Å²) in [5, 5.41) is 9.76. The molecule has 0 aliphatic carbocycles. The largest absolute Gasteiger partial charge is 0.481 e. The summed E-state index contributed by atoms with van der Waals surface area (Å²) in [5.74, 6) is -0.275. The minimum absolute atomic E-state index is 0.128. The van der Waals surface area contributed by atoms with Gasteiger partial charge in [-0.2, -0.15) is 0 Å². The lowest BCUT2D eigenvalue weighted by molar-refractivity contribution is -0.136. The molecule has 3 rings (SSSR count). The van der Waals surface area contributed by atoms with E-state index >= 15 is 0 Å². The topological polar surface area (TPSA) is 55.1 Å². The van der Waals surface area contributed by atoms with Gasteiger partial charge in [-0.1, -0.05) is 72.4 Å². The fourth-order valence-corrected chi connectivity index (χ4v) is 3.74. The van der Waals surface area contributed by atoms with E-state index in [0.717, 1.165) is 34.2 Å². The zero-order chi connectivity index (χ0) is 17.6. The molecule has 0 bridgehead atoms. The van der Waals surface area contributed by atoms with E-state index < -0.39 is 5.97 Å². The second-order valence-corrected chi connectivity index (χ2v) is 6.62. The first-order valence-corrected chi connectivity index (χ1v) is 9.25. The number of aromatic nitrogens is 2. The minimum atomic E-state index is -0.784. The SMILES string of the molecule is CCn1c(SCCC(=O)O)nc(-c2ccccc2)c1-c1ccccc1. The first-order valence-electron chi connectivity index (χ1n) is 8.26. The van der Waals surface area contributed by atoms with Crippen LogP contribution in [0, 0.1) is 0 Å². The van der Waals surface area contributed by atoms with Crippen LogP contribution in [-0.2, 0) is 11.3 Å². The lowest BCUT2D eigenvalue weighted by Gasteiger charge is -2.10. The first-order chi connectivity index (χ1) is 12.2. The summed E-state index contributed by atoms with van der Waals surface area (Å²) < 4.78 is 2.17. The van der Waals surface area contributed by atoms with E-state index in [1.54, 1.807) is 0 Å². The molecule has 0 saturated carbocycles. The van der Waals surface area contributed by atoms with Gasteiger partial charge in [0.15, 0.2) is 5.16 Å². The van der Waals surface area contributed by atoms with Crippen molar-refractivity contribution in [3.63, 3.8) is 0 Å². The number of imidazole rings is 1. The fraction of sp³-hybridized carbons (Fsp3) is 0.200. The van der Waals surface area contributed by atoms with Crippen molar-refractivity contribution < 1.29 is 9.90 Å². The molecule has 0 aliphatic rings. The molecular formula is C20H20N2O2S. The van der Waals surface area contributed by atoms with Crippen molar-refractivity contribution in [3.8, 4) is 22.5 Å². The van der Waals surface area contributed by atoms with Crippen molar-refractivity contribution in [2.75, 3.05) is 5.75 Å². The van der Waals surface area contributed by atoms with Crippen LogP contribution in [0.1, 0.15) is 13.3 Å². The fourth-order valence-electron chi connectivity index (χ4n) is 2.75. The van der Waals surface area contributed by atoms with Gasteiger partial charge in [-0.15, -0.1) is 0 Å². The number of rotatable bonds is 7. The molecule has 1 aromatic heterocycles. The van der Waals surface area contributed by atoms with E-state index in [2.05, 4.69) is 35.8 Å². The van der Waals surface area contributed by atoms with Crippen LogP contribution in [0.3, 0.4) is 0 Å². The van der Waals surface area contributed by atoms with Crippen LogP contribution >= 0.6 is 11.8 Å². The molecule has 0 spiro atoms. The first kappa shape index (κ1) is 17.3. The summed E-state index contributed by atoms with van der Waals surface area (Å²) in [7, 11) is 0. The van der Waals surface area contributed by atoms with Gasteiger partial charge in [0.25, 0.3) is 0 Å². The minimum Gasteiger partial charge on any atom is -0.481 e. The number of benzene rings is 2. The van der Waals surface area contributed by atoms with Crippen LogP contribution in [0.5, 0.6) is 0 Å². The summed E-state index contributed by atoms with van der Waals surface area (Å²) in [6.45, 7) is 2.86. The smallest absolute Gasteiger partial charge is 0.304 e. The van der Waals surface area contributed by atoms with E-state index in [9.17, 15) is 4.79 Å². The predicted molar refractivity (Wildman–Crippen MR) is 102 cm³/mol. The van der Waals surface area contributed by atoms with Crippen molar-refractivity contribution >= 4 is 17.7 Å². The molecule has 5 heteroatoms. The Morgan fingerprint density at radius 2 is 1.64 bits per heavy atom. The molecule has 25 heavy (non-hydrogen) atoms. The normalized spacial score (nSPS) is 10.8. The molecule has 2 aromatic carbocycles. The second kappa shape index (κ2) is 8.03. The molecule has 128 valence electrons. The van der Waals surface area contributed by atoms with Crippen molar-refractivity contribution in [3.05, 3.63) is 60.7 Å². The predicted octanol–water partition coefficient (Wildman–Crippen LogP) is 4.80. The molecule has 0 atom stereocenters. The summed E-state index contributed by atoms with van der Waals surface area (Å²) in [6.07, 6.45) is 0.128. The van der Waals surface area contributed by atoms with Crippen molar-refractivity contribution in [1.82, 2.24) is 9.55 Å². The van der Waals surface area contributed by atoms with E-state index in [1.807, 2.05) is 36.4 Å². The Balaban J connectivity index is 2.09. The quantitative estimate of drug-likeness (QED) is 0.620. The van der Waals surface area contributed by atoms with E-state index in [1.165, 1.54) is 11.8 Å². The molecule has 3 aromatic rings. The molecule has 0 unspecified atom stereocenters. The Hall–Kier alpha value is -2.53. The average molecular weight is 352 g/mol.